The van der Waals surface area contributed by atoms with Gasteiger partial charge in [0.2, 0.25) is 0 Å². The summed E-state index contributed by atoms with van der Waals surface area (Å²) >= 11 is 0. The smallest absolute Gasteiger partial charge is 0.257 e. The van der Waals surface area contributed by atoms with E-state index < -0.39 is 10.0 Å². The molecule has 0 atom stereocenters. The van der Waals surface area contributed by atoms with Crippen molar-refractivity contribution in [2.45, 2.75) is 24.3 Å². The Morgan fingerprint density at radius 2 is 2.22 bits per heavy atom. The van der Waals surface area contributed by atoms with Crippen LogP contribution < -0.4 is 4.72 Å². The zero-order valence-electron chi connectivity index (χ0n) is 10.6. The van der Waals surface area contributed by atoms with Gasteiger partial charge >= 0.3 is 0 Å². The van der Waals surface area contributed by atoms with Crippen molar-refractivity contribution in [2.75, 3.05) is 26.7 Å². The maximum Gasteiger partial charge on any atom is 0.257 e. The van der Waals surface area contributed by atoms with Crippen LogP contribution in [0.4, 0.5) is 0 Å². The van der Waals surface area contributed by atoms with E-state index >= 15 is 0 Å². The van der Waals surface area contributed by atoms with Gasteiger partial charge in [-0.1, -0.05) is 0 Å². The number of aromatic nitrogens is 2. The number of rotatable bonds is 5. The Labute approximate surface area is 108 Å². The molecule has 102 valence electrons. The highest BCUT2D eigenvalue weighted by molar-refractivity contribution is 7.89. The molecule has 0 radical (unpaired) electrons. The van der Waals surface area contributed by atoms with E-state index in [1.807, 2.05) is 0 Å². The van der Waals surface area contributed by atoms with Gasteiger partial charge in [-0.15, -0.1) is 0 Å². The second-order valence-electron chi connectivity index (χ2n) is 4.85. The van der Waals surface area contributed by atoms with E-state index in [9.17, 15) is 8.42 Å². The summed E-state index contributed by atoms with van der Waals surface area (Å²) in [6, 6.07) is 0. The lowest BCUT2D eigenvalue weighted by molar-refractivity contribution is 0.213. The van der Waals surface area contributed by atoms with Gasteiger partial charge in [-0.25, -0.2) is 18.1 Å². The number of H-pyrrole nitrogens is 1. The molecule has 2 heterocycles. The van der Waals surface area contributed by atoms with E-state index in [1.165, 1.54) is 12.5 Å². The van der Waals surface area contributed by atoms with E-state index in [-0.39, 0.29) is 5.03 Å². The van der Waals surface area contributed by atoms with E-state index in [1.54, 1.807) is 0 Å². The minimum absolute atomic E-state index is 0.130. The van der Waals surface area contributed by atoms with Crippen LogP contribution in [0.25, 0.3) is 0 Å². The van der Waals surface area contributed by atoms with Crippen molar-refractivity contribution < 1.29 is 8.42 Å². The third-order valence-electron chi connectivity index (χ3n) is 3.45. The SMILES string of the molecule is CN1CCC(CCNS(=O)(=O)c2cnc[nH]2)CC1. The van der Waals surface area contributed by atoms with Gasteiger partial charge in [-0.2, -0.15) is 0 Å². The summed E-state index contributed by atoms with van der Waals surface area (Å²) in [4.78, 5) is 8.63. The number of hydrogen-bond donors (Lipinski definition) is 2. The minimum atomic E-state index is -3.41. The van der Waals surface area contributed by atoms with Crippen LogP contribution in [0.3, 0.4) is 0 Å². The Morgan fingerprint density at radius 1 is 1.50 bits per heavy atom. The molecular formula is C11H20N4O2S. The fourth-order valence-electron chi connectivity index (χ4n) is 2.22. The standard InChI is InChI=1S/C11H20N4O2S/c1-15-6-3-10(4-7-15)2-5-14-18(16,17)11-8-12-9-13-11/h8-10,14H,2-7H2,1H3,(H,12,13). The Hall–Kier alpha value is -0.920. The van der Waals surface area contributed by atoms with E-state index in [2.05, 4.69) is 26.6 Å². The van der Waals surface area contributed by atoms with Gasteiger partial charge in [0.1, 0.15) is 0 Å². The average Bonchev–Trinajstić information content (AvgIpc) is 2.86. The highest BCUT2D eigenvalue weighted by Crippen LogP contribution is 2.18. The Kier molecular flexibility index (Phi) is 4.36. The highest BCUT2D eigenvalue weighted by atomic mass is 32.2. The normalized spacial score (nSPS) is 19.2. The van der Waals surface area contributed by atoms with Crippen LogP contribution in [0.2, 0.25) is 0 Å². The van der Waals surface area contributed by atoms with Crippen LogP contribution in [-0.4, -0.2) is 50.0 Å². The predicted molar refractivity (Wildman–Crippen MR) is 68.6 cm³/mol. The van der Waals surface area contributed by atoms with Crippen molar-refractivity contribution in [3.05, 3.63) is 12.5 Å². The molecule has 1 aliphatic heterocycles. The van der Waals surface area contributed by atoms with Gasteiger partial charge in [0.15, 0.2) is 5.03 Å². The first-order valence-corrected chi connectivity index (χ1v) is 7.73. The third-order valence-corrected chi connectivity index (χ3v) is 4.83. The summed E-state index contributed by atoms with van der Waals surface area (Å²) in [7, 11) is -1.28. The van der Waals surface area contributed by atoms with Crippen molar-refractivity contribution in [1.29, 1.82) is 0 Å². The molecule has 0 aliphatic carbocycles. The second-order valence-corrected chi connectivity index (χ2v) is 6.58. The first-order chi connectivity index (χ1) is 8.58. The van der Waals surface area contributed by atoms with Gasteiger partial charge in [0.05, 0.1) is 12.5 Å². The van der Waals surface area contributed by atoms with Crippen molar-refractivity contribution >= 4 is 10.0 Å². The van der Waals surface area contributed by atoms with Gasteiger partial charge in [0, 0.05) is 6.54 Å². The first-order valence-electron chi connectivity index (χ1n) is 6.24. The van der Waals surface area contributed by atoms with Crippen LogP contribution in [0.5, 0.6) is 0 Å². The lowest BCUT2D eigenvalue weighted by atomic mass is 9.94. The van der Waals surface area contributed by atoms with Gasteiger partial charge in [-0.3, -0.25) is 0 Å². The molecule has 1 saturated heterocycles. The minimum Gasteiger partial charge on any atom is -0.335 e. The van der Waals surface area contributed by atoms with Crippen LogP contribution in [0, 0.1) is 5.92 Å². The summed E-state index contributed by atoms with van der Waals surface area (Å²) in [5.74, 6) is 0.630. The molecular weight excluding hydrogens is 252 g/mol. The maximum atomic E-state index is 11.8. The predicted octanol–water partition coefficient (Wildman–Crippen LogP) is 0.420. The number of likely N-dealkylation sites (tertiary alicyclic amines) is 1. The summed E-state index contributed by atoms with van der Waals surface area (Å²) < 4.78 is 26.2. The van der Waals surface area contributed by atoms with Crippen LogP contribution in [0.1, 0.15) is 19.3 Å². The summed E-state index contributed by atoms with van der Waals surface area (Å²) in [5, 5.41) is 0.130. The lowest BCUT2D eigenvalue weighted by Crippen LogP contribution is -2.32. The molecule has 6 nitrogen and oxygen atoms in total. The number of nitrogens with zero attached hydrogens (tertiary/aromatic N) is 2. The molecule has 0 saturated carbocycles. The van der Waals surface area contributed by atoms with E-state index in [4.69, 9.17) is 0 Å². The molecule has 0 aromatic carbocycles. The summed E-state index contributed by atoms with van der Waals surface area (Å²) in [6.07, 6.45) is 5.90. The van der Waals surface area contributed by atoms with Crippen LogP contribution in [-0.2, 0) is 10.0 Å². The first kappa shape index (κ1) is 13.5. The number of piperidine rings is 1. The van der Waals surface area contributed by atoms with Crippen molar-refractivity contribution in [3.8, 4) is 0 Å². The Morgan fingerprint density at radius 3 is 2.83 bits per heavy atom. The zero-order valence-corrected chi connectivity index (χ0v) is 11.4. The molecule has 0 unspecified atom stereocenters. The molecule has 0 amide bonds. The molecule has 2 rings (SSSR count). The molecule has 18 heavy (non-hydrogen) atoms. The quantitative estimate of drug-likeness (QED) is 0.814. The molecule has 1 aromatic rings. The van der Waals surface area contributed by atoms with Crippen molar-refractivity contribution in [1.82, 2.24) is 19.6 Å². The number of aromatic amines is 1. The Balaban J connectivity index is 1.75. The number of hydrogen-bond acceptors (Lipinski definition) is 4. The fourth-order valence-corrected chi connectivity index (χ4v) is 3.17. The van der Waals surface area contributed by atoms with Gasteiger partial charge < -0.3 is 9.88 Å². The summed E-state index contributed by atoms with van der Waals surface area (Å²) in [5.41, 5.74) is 0. The average molecular weight is 272 g/mol. The fraction of sp³-hybridized carbons (Fsp3) is 0.727. The van der Waals surface area contributed by atoms with Gasteiger partial charge in [0.25, 0.3) is 10.0 Å². The number of imidazole rings is 1. The maximum absolute atomic E-state index is 11.8. The molecule has 7 heteroatoms. The Bertz CT molecular complexity index is 449. The monoisotopic (exact) mass is 272 g/mol. The second kappa shape index (κ2) is 5.81. The number of sulfonamides is 1. The topological polar surface area (TPSA) is 78.1 Å². The molecule has 1 aliphatic rings. The molecule has 2 N–H and O–H groups in total. The van der Waals surface area contributed by atoms with Crippen molar-refractivity contribution in [3.63, 3.8) is 0 Å². The largest absolute Gasteiger partial charge is 0.335 e. The van der Waals surface area contributed by atoms with Crippen molar-refractivity contribution in [2.24, 2.45) is 5.92 Å². The number of nitrogens with one attached hydrogen (secondary N) is 2. The van der Waals surface area contributed by atoms with Gasteiger partial charge in [-0.05, 0) is 45.3 Å². The van der Waals surface area contributed by atoms with E-state index in [0.29, 0.717) is 12.5 Å². The highest BCUT2D eigenvalue weighted by Gasteiger charge is 2.19. The van der Waals surface area contributed by atoms with E-state index in [0.717, 1.165) is 32.4 Å². The van der Waals surface area contributed by atoms with Crippen LogP contribution in [0.15, 0.2) is 17.6 Å². The summed E-state index contributed by atoms with van der Waals surface area (Å²) in [6.45, 7) is 2.71. The van der Waals surface area contributed by atoms with Crippen LogP contribution >= 0.6 is 0 Å². The zero-order chi connectivity index (χ0) is 13.0. The molecule has 0 spiro atoms. The third kappa shape index (κ3) is 3.54. The molecule has 1 aromatic heterocycles. The molecule has 0 bridgehead atoms. The lowest BCUT2D eigenvalue weighted by Gasteiger charge is -2.28. The molecule has 1 fully saturated rings.